The van der Waals surface area contributed by atoms with E-state index in [4.69, 9.17) is 11.6 Å². The Morgan fingerprint density at radius 1 is 1.48 bits per heavy atom. The van der Waals surface area contributed by atoms with Gasteiger partial charge in [-0.25, -0.2) is 4.98 Å². The Hall–Kier alpha value is -0.250. The van der Waals surface area contributed by atoms with Crippen LogP contribution in [0.15, 0.2) is 23.3 Å². The van der Waals surface area contributed by atoms with Gasteiger partial charge in [-0.2, -0.15) is 11.8 Å². The molecule has 1 unspecified atom stereocenters. The van der Waals surface area contributed by atoms with Gasteiger partial charge in [-0.15, -0.1) is 24.0 Å². The second-order valence-electron chi connectivity index (χ2n) is 5.39. The second kappa shape index (κ2) is 10.6. The zero-order chi connectivity index (χ0) is 15.8. The van der Waals surface area contributed by atoms with E-state index >= 15 is 0 Å². The van der Waals surface area contributed by atoms with Gasteiger partial charge in [0.15, 0.2) is 5.96 Å². The van der Waals surface area contributed by atoms with Crippen LogP contribution < -0.4 is 10.6 Å². The molecule has 130 valence electrons. The molecule has 1 atom stereocenters. The number of aliphatic imine (C=N–C) groups is 1. The Kier molecular flexibility index (Phi) is 9.57. The third-order valence-electron chi connectivity index (χ3n) is 3.45. The second-order valence-corrected chi connectivity index (χ2v) is 6.88. The molecular formula is C15H24ClIN4OS. The number of halogens is 2. The molecule has 0 bridgehead atoms. The first-order valence-electron chi connectivity index (χ1n) is 7.54. The maximum atomic E-state index is 10.3. The summed E-state index contributed by atoms with van der Waals surface area (Å²) in [5.41, 5.74) is 0.478. The topological polar surface area (TPSA) is 69.5 Å². The lowest BCUT2D eigenvalue weighted by Gasteiger charge is -2.19. The van der Waals surface area contributed by atoms with E-state index in [1.165, 1.54) is 0 Å². The predicted molar refractivity (Wildman–Crippen MR) is 109 cm³/mol. The zero-order valence-corrected chi connectivity index (χ0v) is 17.1. The number of rotatable bonds is 6. The van der Waals surface area contributed by atoms with E-state index in [1.807, 2.05) is 13.0 Å². The molecule has 1 aliphatic rings. The highest BCUT2D eigenvalue weighted by atomic mass is 127. The van der Waals surface area contributed by atoms with E-state index in [0.29, 0.717) is 11.7 Å². The van der Waals surface area contributed by atoms with Crippen molar-refractivity contribution in [1.29, 1.82) is 0 Å². The molecular weight excluding hydrogens is 447 g/mol. The Balaban J connectivity index is 0.00000264. The van der Waals surface area contributed by atoms with Gasteiger partial charge >= 0.3 is 0 Å². The van der Waals surface area contributed by atoms with E-state index in [9.17, 15) is 5.11 Å². The summed E-state index contributed by atoms with van der Waals surface area (Å²) in [6.07, 6.45) is 3.44. The van der Waals surface area contributed by atoms with Crippen LogP contribution in [0, 0.1) is 0 Å². The highest BCUT2D eigenvalue weighted by molar-refractivity contribution is 14.0. The van der Waals surface area contributed by atoms with Crippen molar-refractivity contribution in [1.82, 2.24) is 15.6 Å². The minimum absolute atomic E-state index is 0. The average Bonchev–Trinajstić information content (AvgIpc) is 2.94. The van der Waals surface area contributed by atoms with E-state index < -0.39 is 5.60 Å². The van der Waals surface area contributed by atoms with Crippen LogP contribution in [0.2, 0.25) is 5.15 Å². The van der Waals surface area contributed by atoms with Crippen molar-refractivity contribution < 1.29 is 5.11 Å². The third-order valence-corrected chi connectivity index (χ3v) is 4.91. The van der Waals surface area contributed by atoms with Crippen LogP contribution >= 0.6 is 47.3 Å². The summed E-state index contributed by atoms with van der Waals surface area (Å²) < 4.78 is 0. The molecule has 5 nitrogen and oxygen atoms in total. The Labute approximate surface area is 164 Å². The van der Waals surface area contributed by atoms with Crippen LogP contribution in [-0.4, -0.2) is 52.8 Å². The lowest BCUT2D eigenvalue weighted by molar-refractivity contribution is 0.0778. The van der Waals surface area contributed by atoms with Gasteiger partial charge in [0, 0.05) is 25.0 Å². The summed E-state index contributed by atoms with van der Waals surface area (Å²) in [5.74, 6) is 2.53. The first-order valence-corrected chi connectivity index (χ1v) is 9.07. The van der Waals surface area contributed by atoms with Crippen LogP contribution in [0.25, 0.3) is 0 Å². The molecule has 1 fully saturated rings. The summed E-state index contributed by atoms with van der Waals surface area (Å²) >= 11 is 7.56. The van der Waals surface area contributed by atoms with Crippen LogP contribution in [0.1, 0.15) is 18.9 Å². The molecule has 0 spiro atoms. The summed E-state index contributed by atoms with van der Waals surface area (Å²) in [7, 11) is 0. The van der Waals surface area contributed by atoms with Crippen molar-refractivity contribution >= 4 is 53.3 Å². The Morgan fingerprint density at radius 3 is 2.91 bits per heavy atom. The number of nitrogens with one attached hydrogen (secondary N) is 2. The Bertz CT molecular complexity index is 495. The minimum atomic E-state index is -0.646. The highest BCUT2D eigenvalue weighted by Gasteiger charge is 2.31. The van der Waals surface area contributed by atoms with Crippen LogP contribution in [0.5, 0.6) is 0 Å². The zero-order valence-electron chi connectivity index (χ0n) is 13.2. The van der Waals surface area contributed by atoms with Crippen LogP contribution in [-0.2, 0) is 6.42 Å². The molecule has 23 heavy (non-hydrogen) atoms. The largest absolute Gasteiger partial charge is 0.387 e. The molecule has 0 aromatic carbocycles. The first-order chi connectivity index (χ1) is 10.6. The summed E-state index contributed by atoms with van der Waals surface area (Å²) in [5, 5.41) is 17.3. The predicted octanol–water partition coefficient (Wildman–Crippen LogP) is 2.32. The van der Waals surface area contributed by atoms with Gasteiger partial charge in [-0.3, -0.25) is 4.99 Å². The molecule has 0 aliphatic carbocycles. The molecule has 8 heteroatoms. The molecule has 0 amide bonds. The lowest BCUT2D eigenvalue weighted by Crippen LogP contribution is -2.40. The molecule has 0 radical (unpaired) electrons. The van der Waals surface area contributed by atoms with Gasteiger partial charge in [0.1, 0.15) is 5.15 Å². The first kappa shape index (κ1) is 20.8. The monoisotopic (exact) mass is 470 g/mol. The van der Waals surface area contributed by atoms with E-state index in [2.05, 4.69) is 20.6 Å². The molecule has 0 saturated carbocycles. The van der Waals surface area contributed by atoms with Crippen molar-refractivity contribution in [2.45, 2.75) is 25.4 Å². The number of hydrogen-bond acceptors (Lipinski definition) is 4. The van der Waals surface area contributed by atoms with Gasteiger partial charge < -0.3 is 15.7 Å². The molecule has 1 aromatic heterocycles. The quantitative estimate of drug-likeness (QED) is 0.258. The highest BCUT2D eigenvalue weighted by Crippen LogP contribution is 2.27. The van der Waals surface area contributed by atoms with Gasteiger partial charge in [0.05, 0.1) is 12.1 Å². The molecule has 1 aliphatic heterocycles. The summed E-state index contributed by atoms with van der Waals surface area (Å²) in [4.78, 5) is 8.57. The van der Waals surface area contributed by atoms with E-state index in [0.717, 1.165) is 49.0 Å². The molecule has 1 aromatic rings. The molecule has 2 heterocycles. The molecule has 1 saturated heterocycles. The number of aliphatic hydroxyl groups is 1. The van der Waals surface area contributed by atoms with Crippen LogP contribution in [0.3, 0.4) is 0 Å². The number of hydrogen-bond donors (Lipinski definition) is 3. The van der Waals surface area contributed by atoms with Crippen molar-refractivity contribution in [3.05, 3.63) is 29.0 Å². The van der Waals surface area contributed by atoms with Gasteiger partial charge in [-0.1, -0.05) is 17.7 Å². The van der Waals surface area contributed by atoms with E-state index in [1.54, 1.807) is 24.0 Å². The fourth-order valence-corrected chi connectivity index (χ4v) is 3.56. The third kappa shape index (κ3) is 7.45. The number of aromatic nitrogens is 1. The maximum Gasteiger partial charge on any atom is 0.191 e. The van der Waals surface area contributed by atoms with Crippen molar-refractivity contribution in [3.8, 4) is 0 Å². The van der Waals surface area contributed by atoms with E-state index in [-0.39, 0.29) is 24.0 Å². The van der Waals surface area contributed by atoms with Gasteiger partial charge in [-0.05, 0) is 37.1 Å². The van der Waals surface area contributed by atoms with Crippen LogP contribution in [0.4, 0.5) is 0 Å². The summed E-state index contributed by atoms with van der Waals surface area (Å²) in [6.45, 7) is 4.02. The standard InChI is InChI=1S/C15H23ClN4OS.HI/c1-2-17-14(20-10-15(21)6-8-22-11-15)18-7-5-12-3-4-13(16)19-9-12;/h3-4,9,21H,2,5-8,10-11H2,1H3,(H2,17,18,20);1H. The lowest BCUT2D eigenvalue weighted by atomic mass is 10.1. The minimum Gasteiger partial charge on any atom is -0.387 e. The van der Waals surface area contributed by atoms with Crippen molar-refractivity contribution in [2.24, 2.45) is 4.99 Å². The number of nitrogens with zero attached hydrogens (tertiary/aromatic N) is 2. The fourth-order valence-electron chi connectivity index (χ4n) is 2.17. The van der Waals surface area contributed by atoms with Gasteiger partial charge in [0.2, 0.25) is 0 Å². The van der Waals surface area contributed by atoms with Gasteiger partial charge in [0.25, 0.3) is 0 Å². The molecule has 3 N–H and O–H groups in total. The normalized spacial score (nSPS) is 20.9. The number of pyridine rings is 1. The SMILES string of the molecule is CCNC(=NCC1(O)CCSC1)NCCc1ccc(Cl)nc1.I. The smallest absolute Gasteiger partial charge is 0.191 e. The average molecular weight is 471 g/mol. The number of guanidine groups is 1. The summed E-state index contributed by atoms with van der Waals surface area (Å²) in [6, 6.07) is 3.77. The maximum absolute atomic E-state index is 10.3. The van der Waals surface area contributed by atoms with Crippen molar-refractivity contribution in [3.63, 3.8) is 0 Å². The van der Waals surface area contributed by atoms with Crippen molar-refractivity contribution in [2.75, 3.05) is 31.1 Å². The molecule has 2 rings (SSSR count). The Morgan fingerprint density at radius 2 is 2.30 bits per heavy atom. The fraction of sp³-hybridized carbons (Fsp3) is 0.600. The number of thioether (sulfide) groups is 1.